The standard InChI is InChI=1S/C17H17ClN2O2S/c1-2-22-16(21)13-5-9-15(10-6-13)20-17(19)23-11-12-3-7-14(18)8-4-12/h3-10H,2,11H2,1H3,(H2,19,20). The molecule has 0 heterocycles. The maximum Gasteiger partial charge on any atom is 0.338 e. The number of benzene rings is 2. The molecule has 0 aliphatic heterocycles. The molecule has 0 saturated heterocycles. The molecule has 0 aliphatic carbocycles. The molecule has 23 heavy (non-hydrogen) atoms. The number of carbonyl (C=O) groups excluding carboxylic acids is 1. The lowest BCUT2D eigenvalue weighted by Crippen LogP contribution is -2.06. The van der Waals surface area contributed by atoms with Crippen LogP contribution in [0.4, 0.5) is 5.69 Å². The zero-order chi connectivity index (χ0) is 16.7. The molecule has 2 aromatic rings. The van der Waals surface area contributed by atoms with E-state index in [1.807, 2.05) is 24.3 Å². The van der Waals surface area contributed by atoms with Crippen LogP contribution < -0.4 is 5.73 Å². The summed E-state index contributed by atoms with van der Waals surface area (Å²) in [5.41, 5.74) is 8.24. The third-order valence-corrected chi connectivity index (χ3v) is 4.03. The van der Waals surface area contributed by atoms with Gasteiger partial charge in [-0.15, -0.1) is 0 Å². The van der Waals surface area contributed by atoms with Gasteiger partial charge in [0.2, 0.25) is 0 Å². The number of hydrogen-bond acceptors (Lipinski definition) is 4. The van der Waals surface area contributed by atoms with Crippen molar-refractivity contribution in [1.82, 2.24) is 0 Å². The minimum atomic E-state index is -0.340. The van der Waals surface area contributed by atoms with E-state index >= 15 is 0 Å². The second-order valence-corrected chi connectivity index (χ2v) is 6.06. The van der Waals surface area contributed by atoms with Crippen LogP contribution in [0.3, 0.4) is 0 Å². The van der Waals surface area contributed by atoms with Gasteiger partial charge in [0.15, 0.2) is 5.17 Å². The highest BCUT2D eigenvalue weighted by atomic mass is 35.5. The summed E-state index contributed by atoms with van der Waals surface area (Å²) >= 11 is 7.29. The first-order valence-electron chi connectivity index (χ1n) is 7.07. The zero-order valence-electron chi connectivity index (χ0n) is 12.7. The van der Waals surface area contributed by atoms with Crippen molar-refractivity contribution in [2.24, 2.45) is 10.7 Å². The van der Waals surface area contributed by atoms with E-state index in [1.165, 1.54) is 11.8 Å². The first-order chi connectivity index (χ1) is 11.1. The lowest BCUT2D eigenvalue weighted by Gasteiger charge is -2.03. The lowest BCUT2D eigenvalue weighted by molar-refractivity contribution is 0.0526. The van der Waals surface area contributed by atoms with Crippen LogP contribution in [0.25, 0.3) is 0 Å². The summed E-state index contributed by atoms with van der Waals surface area (Å²) in [5.74, 6) is 0.376. The number of ether oxygens (including phenoxy) is 1. The van der Waals surface area contributed by atoms with Gasteiger partial charge in [0, 0.05) is 10.8 Å². The Morgan fingerprint density at radius 1 is 1.17 bits per heavy atom. The van der Waals surface area contributed by atoms with Crippen LogP contribution in [0.15, 0.2) is 53.5 Å². The van der Waals surface area contributed by atoms with Crippen LogP contribution in [0.1, 0.15) is 22.8 Å². The number of carbonyl (C=O) groups is 1. The van der Waals surface area contributed by atoms with Crippen molar-refractivity contribution < 1.29 is 9.53 Å². The fourth-order valence-electron chi connectivity index (χ4n) is 1.78. The highest BCUT2D eigenvalue weighted by molar-refractivity contribution is 8.13. The van der Waals surface area contributed by atoms with Crippen LogP contribution >= 0.6 is 23.4 Å². The molecule has 0 bridgehead atoms. The molecule has 0 aromatic heterocycles. The second kappa shape index (κ2) is 8.60. The Hall–Kier alpha value is -1.98. The summed E-state index contributed by atoms with van der Waals surface area (Å²) in [6.45, 7) is 2.13. The molecule has 2 aromatic carbocycles. The molecular weight excluding hydrogens is 332 g/mol. The van der Waals surface area contributed by atoms with E-state index in [9.17, 15) is 4.79 Å². The Labute approximate surface area is 144 Å². The van der Waals surface area contributed by atoms with Gasteiger partial charge in [-0.25, -0.2) is 9.79 Å². The van der Waals surface area contributed by atoms with Gasteiger partial charge in [0.1, 0.15) is 0 Å². The largest absolute Gasteiger partial charge is 0.462 e. The van der Waals surface area contributed by atoms with E-state index in [0.717, 1.165) is 5.56 Å². The van der Waals surface area contributed by atoms with Gasteiger partial charge in [-0.1, -0.05) is 35.5 Å². The van der Waals surface area contributed by atoms with Gasteiger partial charge in [-0.3, -0.25) is 0 Å². The highest BCUT2D eigenvalue weighted by Crippen LogP contribution is 2.19. The van der Waals surface area contributed by atoms with Gasteiger partial charge in [0.05, 0.1) is 17.9 Å². The number of esters is 1. The molecule has 4 nitrogen and oxygen atoms in total. The van der Waals surface area contributed by atoms with Crippen LogP contribution in [-0.4, -0.2) is 17.7 Å². The van der Waals surface area contributed by atoms with Crippen molar-refractivity contribution in [3.8, 4) is 0 Å². The molecular formula is C17H17ClN2O2S. The van der Waals surface area contributed by atoms with E-state index in [0.29, 0.717) is 33.8 Å². The number of hydrogen-bond donors (Lipinski definition) is 1. The molecule has 0 unspecified atom stereocenters. The molecule has 2 N–H and O–H groups in total. The number of thioether (sulfide) groups is 1. The first kappa shape index (κ1) is 17.4. The molecule has 6 heteroatoms. The number of nitrogens with two attached hydrogens (primary N) is 1. The normalized spacial score (nSPS) is 11.3. The number of aliphatic imine (C=N–C) groups is 1. The first-order valence-corrected chi connectivity index (χ1v) is 8.43. The van der Waals surface area contributed by atoms with Crippen molar-refractivity contribution in [2.75, 3.05) is 6.61 Å². The van der Waals surface area contributed by atoms with Gasteiger partial charge in [-0.05, 0) is 48.9 Å². The van der Waals surface area contributed by atoms with Crippen molar-refractivity contribution in [3.63, 3.8) is 0 Å². The lowest BCUT2D eigenvalue weighted by atomic mass is 10.2. The number of halogens is 1. The third kappa shape index (κ3) is 5.62. The zero-order valence-corrected chi connectivity index (χ0v) is 14.2. The quantitative estimate of drug-likeness (QED) is 0.494. The predicted molar refractivity (Wildman–Crippen MR) is 96.4 cm³/mol. The van der Waals surface area contributed by atoms with Crippen LogP contribution in [0, 0.1) is 0 Å². The fraction of sp³-hybridized carbons (Fsp3) is 0.176. The van der Waals surface area contributed by atoms with Gasteiger partial charge < -0.3 is 10.5 Å². The van der Waals surface area contributed by atoms with Crippen LogP contribution in [-0.2, 0) is 10.5 Å². The van der Waals surface area contributed by atoms with Crippen LogP contribution in [0.2, 0.25) is 5.02 Å². The Morgan fingerprint density at radius 2 is 1.83 bits per heavy atom. The summed E-state index contributed by atoms with van der Waals surface area (Å²) in [7, 11) is 0. The SMILES string of the molecule is CCOC(=O)c1ccc(N=C(N)SCc2ccc(Cl)cc2)cc1. The summed E-state index contributed by atoms with van der Waals surface area (Å²) in [6, 6.07) is 14.4. The predicted octanol–water partition coefficient (Wildman–Crippen LogP) is 4.40. The van der Waals surface area contributed by atoms with E-state index < -0.39 is 0 Å². The van der Waals surface area contributed by atoms with Gasteiger partial charge in [-0.2, -0.15) is 0 Å². The number of rotatable bonds is 5. The highest BCUT2D eigenvalue weighted by Gasteiger charge is 2.05. The molecule has 0 atom stereocenters. The van der Waals surface area contributed by atoms with E-state index in [1.54, 1.807) is 31.2 Å². The van der Waals surface area contributed by atoms with E-state index in [4.69, 9.17) is 22.1 Å². The number of nitrogens with zero attached hydrogens (tertiary/aromatic N) is 1. The fourth-order valence-corrected chi connectivity index (χ4v) is 2.59. The van der Waals surface area contributed by atoms with Crippen molar-refractivity contribution in [3.05, 3.63) is 64.7 Å². The molecule has 0 amide bonds. The van der Waals surface area contributed by atoms with Crippen molar-refractivity contribution >= 4 is 40.2 Å². The Morgan fingerprint density at radius 3 is 2.43 bits per heavy atom. The summed E-state index contributed by atoms with van der Waals surface area (Å²) in [6.07, 6.45) is 0. The topological polar surface area (TPSA) is 64.7 Å². The van der Waals surface area contributed by atoms with Crippen molar-refractivity contribution in [1.29, 1.82) is 0 Å². The van der Waals surface area contributed by atoms with E-state index in [-0.39, 0.29) is 5.97 Å². The van der Waals surface area contributed by atoms with Crippen LogP contribution in [0.5, 0.6) is 0 Å². The second-order valence-electron chi connectivity index (χ2n) is 4.63. The molecule has 0 radical (unpaired) electrons. The minimum absolute atomic E-state index is 0.340. The average Bonchev–Trinajstić information content (AvgIpc) is 2.55. The van der Waals surface area contributed by atoms with Gasteiger partial charge >= 0.3 is 5.97 Å². The maximum atomic E-state index is 11.6. The Kier molecular flexibility index (Phi) is 6.50. The Bertz CT molecular complexity index is 685. The molecule has 0 spiro atoms. The minimum Gasteiger partial charge on any atom is -0.462 e. The molecule has 0 fully saturated rings. The summed E-state index contributed by atoms with van der Waals surface area (Å²) < 4.78 is 4.93. The van der Waals surface area contributed by atoms with Gasteiger partial charge in [0.25, 0.3) is 0 Å². The Balaban J connectivity index is 1.94. The van der Waals surface area contributed by atoms with Crippen molar-refractivity contribution in [2.45, 2.75) is 12.7 Å². The average molecular weight is 349 g/mol. The summed E-state index contributed by atoms with van der Waals surface area (Å²) in [4.78, 5) is 15.9. The monoisotopic (exact) mass is 348 g/mol. The third-order valence-electron chi connectivity index (χ3n) is 2.92. The van der Waals surface area contributed by atoms with E-state index in [2.05, 4.69) is 4.99 Å². The molecule has 120 valence electrons. The summed E-state index contributed by atoms with van der Waals surface area (Å²) in [5, 5.41) is 1.17. The molecule has 2 rings (SSSR count). The molecule has 0 saturated carbocycles. The number of amidine groups is 1. The maximum absolute atomic E-state index is 11.6. The smallest absolute Gasteiger partial charge is 0.338 e. The molecule has 0 aliphatic rings.